The minimum atomic E-state index is -0.651. The van der Waals surface area contributed by atoms with Gasteiger partial charge in [0, 0.05) is 13.1 Å². The van der Waals surface area contributed by atoms with E-state index in [2.05, 4.69) is 4.90 Å². The van der Waals surface area contributed by atoms with Crippen LogP contribution >= 0.6 is 11.8 Å². The number of morpholine rings is 1. The fourth-order valence-corrected chi connectivity index (χ4v) is 3.75. The van der Waals surface area contributed by atoms with Crippen LogP contribution in [0, 0.1) is 0 Å². The van der Waals surface area contributed by atoms with Crippen LogP contribution in [0.15, 0.2) is 0 Å². The van der Waals surface area contributed by atoms with E-state index in [4.69, 9.17) is 4.74 Å². The van der Waals surface area contributed by atoms with Gasteiger partial charge in [0.15, 0.2) is 0 Å². The molecule has 0 spiro atoms. The van der Waals surface area contributed by atoms with E-state index in [1.807, 2.05) is 18.7 Å². The lowest BCUT2D eigenvalue weighted by Gasteiger charge is -2.46. The van der Waals surface area contributed by atoms with E-state index in [-0.39, 0.29) is 6.10 Å². The van der Waals surface area contributed by atoms with Gasteiger partial charge in [-0.25, -0.2) is 0 Å². The topological polar surface area (TPSA) is 49.8 Å². The van der Waals surface area contributed by atoms with Gasteiger partial charge in [-0.3, -0.25) is 9.69 Å². The number of ether oxygens (including phenoxy) is 1. The number of rotatable bonds is 2. The van der Waals surface area contributed by atoms with E-state index < -0.39 is 11.5 Å². The van der Waals surface area contributed by atoms with Gasteiger partial charge in [0.05, 0.1) is 12.7 Å². The van der Waals surface area contributed by atoms with Crippen LogP contribution < -0.4 is 0 Å². The van der Waals surface area contributed by atoms with E-state index in [9.17, 15) is 9.90 Å². The molecule has 4 nitrogen and oxygen atoms in total. The van der Waals surface area contributed by atoms with Crippen LogP contribution in [-0.4, -0.2) is 58.8 Å². The van der Waals surface area contributed by atoms with Crippen LogP contribution in [0.2, 0.25) is 0 Å². The summed E-state index contributed by atoms with van der Waals surface area (Å²) in [5.74, 6) is 1.26. The smallest absolute Gasteiger partial charge is 0.324 e. The monoisotopic (exact) mass is 245 g/mol. The van der Waals surface area contributed by atoms with E-state index in [1.165, 1.54) is 0 Å². The molecule has 92 valence electrons. The van der Waals surface area contributed by atoms with Gasteiger partial charge < -0.3 is 9.84 Å². The Morgan fingerprint density at radius 1 is 1.50 bits per heavy atom. The number of hydrogen-bond acceptors (Lipinski definition) is 4. The highest BCUT2D eigenvalue weighted by Gasteiger charge is 2.46. The lowest BCUT2D eigenvalue weighted by Crippen LogP contribution is -2.61. The van der Waals surface area contributed by atoms with Crippen molar-refractivity contribution >= 4 is 17.7 Å². The SMILES string of the molecule is CC1CN(C2(C(=O)O)CCSCC2)CCO1. The maximum atomic E-state index is 11.6. The molecule has 0 aromatic heterocycles. The quantitative estimate of drug-likeness (QED) is 0.788. The molecule has 2 saturated heterocycles. The van der Waals surface area contributed by atoms with Crippen molar-refractivity contribution in [3.8, 4) is 0 Å². The zero-order valence-corrected chi connectivity index (χ0v) is 10.5. The fourth-order valence-electron chi connectivity index (χ4n) is 2.58. The van der Waals surface area contributed by atoms with Crippen LogP contribution in [0.25, 0.3) is 0 Å². The van der Waals surface area contributed by atoms with Gasteiger partial charge in [0.25, 0.3) is 0 Å². The molecule has 16 heavy (non-hydrogen) atoms. The first kappa shape index (κ1) is 12.2. The van der Waals surface area contributed by atoms with Crippen molar-refractivity contribution in [2.45, 2.75) is 31.4 Å². The van der Waals surface area contributed by atoms with Crippen molar-refractivity contribution in [2.24, 2.45) is 0 Å². The Morgan fingerprint density at radius 2 is 2.19 bits per heavy atom. The third kappa shape index (κ3) is 2.21. The summed E-state index contributed by atoms with van der Waals surface area (Å²) in [6.45, 7) is 4.17. The maximum Gasteiger partial charge on any atom is 0.324 e. The lowest BCUT2D eigenvalue weighted by atomic mass is 9.89. The molecular formula is C11H19NO3S. The van der Waals surface area contributed by atoms with Crippen LogP contribution in [0.1, 0.15) is 19.8 Å². The average molecular weight is 245 g/mol. The second-order valence-corrected chi connectivity index (χ2v) is 5.80. The van der Waals surface area contributed by atoms with Gasteiger partial charge in [0.1, 0.15) is 5.54 Å². The molecular weight excluding hydrogens is 226 g/mol. The van der Waals surface area contributed by atoms with Crippen molar-refractivity contribution in [1.82, 2.24) is 4.90 Å². The molecule has 2 aliphatic rings. The van der Waals surface area contributed by atoms with Crippen molar-refractivity contribution < 1.29 is 14.6 Å². The second kappa shape index (κ2) is 4.94. The average Bonchev–Trinajstić information content (AvgIpc) is 2.30. The summed E-state index contributed by atoms with van der Waals surface area (Å²) < 4.78 is 5.48. The summed E-state index contributed by atoms with van der Waals surface area (Å²) in [6, 6.07) is 0. The summed E-state index contributed by atoms with van der Waals surface area (Å²) in [5, 5.41) is 9.54. The van der Waals surface area contributed by atoms with Crippen molar-refractivity contribution in [3.05, 3.63) is 0 Å². The lowest BCUT2D eigenvalue weighted by molar-refractivity contribution is -0.158. The predicted molar refractivity (Wildman–Crippen MR) is 63.9 cm³/mol. The largest absolute Gasteiger partial charge is 0.480 e. The predicted octanol–water partition coefficient (Wildman–Crippen LogP) is 1.06. The molecule has 1 unspecified atom stereocenters. The number of hydrogen-bond donors (Lipinski definition) is 1. The van der Waals surface area contributed by atoms with Crippen LogP contribution in [0.4, 0.5) is 0 Å². The first-order chi connectivity index (χ1) is 7.65. The zero-order chi connectivity index (χ0) is 11.6. The van der Waals surface area contributed by atoms with Crippen molar-refractivity contribution in [3.63, 3.8) is 0 Å². The van der Waals surface area contributed by atoms with Gasteiger partial charge in [-0.15, -0.1) is 0 Å². The molecule has 5 heteroatoms. The zero-order valence-electron chi connectivity index (χ0n) is 9.65. The summed E-state index contributed by atoms with van der Waals surface area (Å²) in [7, 11) is 0. The summed E-state index contributed by atoms with van der Waals surface area (Å²) in [5.41, 5.74) is -0.622. The number of nitrogens with zero attached hydrogens (tertiary/aromatic N) is 1. The molecule has 0 radical (unpaired) electrons. The molecule has 0 amide bonds. The van der Waals surface area contributed by atoms with E-state index in [0.717, 1.165) is 37.4 Å². The summed E-state index contributed by atoms with van der Waals surface area (Å²) in [4.78, 5) is 13.7. The Morgan fingerprint density at radius 3 is 2.75 bits per heavy atom. The Balaban J connectivity index is 2.14. The number of aliphatic carboxylic acids is 1. The molecule has 2 aliphatic heterocycles. The third-order valence-electron chi connectivity index (χ3n) is 3.56. The minimum Gasteiger partial charge on any atom is -0.480 e. The number of carboxylic acid groups (broad SMARTS) is 1. The Kier molecular flexibility index (Phi) is 3.77. The Bertz CT molecular complexity index is 266. The fraction of sp³-hybridized carbons (Fsp3) is 0.909. The van der Waals surface area contributed by atoms with Gasteiger partial charge in [-0.2, -0.15) is 11.8 Å². The Hall–Kier alpha value is -0.260. The van der Waals surface area contributed by atoms with E-state index in [0.29, 0.717) is 6.61 Å². The first-order valence-electron chi connectivity index (χ1n) is 5.83. The van der Waals surface area contributed by atoms with Crippen molar-refractivity contribution in [2.75, 3.05) is 31.2 Å². The molecule has 1 atom stereocenters. The molecule has 0 aliphatic carbocycles. The molecule has 1 N–H and O–H groups in total. The third-order valence-corrected chi connectivity index (χ3v) is 4.55. The number of carbonyl (C=O) groups is 1. The number of carboxylic acids is 1. The second-order valence-electron chi connectivity index (χ2n) is 4.58. The normalized spacial score (nSPS) is 31.2. The first-order valence-corrected chi connectivity index (χ1v) is 6.98. The molecule has 0 aromatic carbocycles. The highest BCUT2D eigenvalue weighted by atomic mass is 32.2. The van der Waals surface area contributed by atoms with Crippen LogP contribution in [0.3, 0.4) is 0 Å². The highest BCUT2D eigenvalue weighted by molar-refractivity contribution is 7.99. The summed E-state index contributed by atoms with van der Waals surface area (Å²) in [6.07, 6.45) is 1.68. The highest BCUT2D eigenvalue weighted by Crippen LogP contribution is 2.34. The maximum absolute atomic E-state index is 11.6. The number of thioether (sulfide) groups is 1. The van der Waals surface area contributed by atoms with Gasteiger partial charge >= 0.3 is 5.97 Å². The van der Waals surface area contributed by atoms with Crippen molar-refractivity contribution in [1.29, 1.82) is 0 Å². The minimum absolute atomic E-state index is 0.152. The molecule has 2 fully saturated rings. The van der Waals surface area contributed by atoms with Gasteiger partial charge in [0.2, 0.25) is 0 Å². The molecule has 0 aromatic rings. The summed E-state index contributed by atoms with van der Waals surface area (Å²) >= 11 is 1.86. The molecule has 2 heterocycles. The van der Waals surface area contributed by atoms with E-state index in [1.54, 1.807) is 0 Å². The van der Waals surface area contributed by atoms with E-state index >= 15 is 0 Å². The Labute approximate surface area is 100 Å². The molecule has 0 saturated carbocycles. The molecule has 0 bridgehead atoms. The van der Waals surface area contributed by atoms with Gasteiger partial charge in [-0.05, 0) is 31.3 Å². The van der Waals surface area contributed by atoms with Gasteiger partial charge in [-0.1, -0.05) is 0 Å². The van der Waals surface area contributed by atoms with Crippen LogP contribution in [0.5, 0.6) is 0 Å². The molecule has 2 rings (SSSR count). The van der Waals surface area contributed by atoms with Crippen LogP contribution in [-0.2, 0) is 9.53 Å². The standard InChI is InChI=1S/C11H19NO3S/c1-9-8-12(4-5-15-9)11(10(13)14)2-6-16-7-3-11/h9H,2-8H2,1H3,(H,13,14).